The van der Waals surface area contributed by atoms with E-state index < -0.39 is 11.6 Å². The first-order chi connectivity index (χ1) is 11.0. The van der Waals surface area contributed by atoms with Gasteiger partial charge in [-0.25, -0.2) is 13.5 Å². The Labute approximate surface area is 140 Å². The second-order valence-electron chi connectivity index (χ2n) is 5.05. The molecule has 1 aromatic heterocycles. The fourth-order valence-corrected chi connectivity index (χ4v) is 2.75. The Kier molecular flexibility index (Phi) is 4.17. The maximum absolute atomic E-state index is 14.2. The van der Waals surface area contributed by atoms with Crippen LogP contribution in [0.4, 0.5) is 8.78 Å². The van der Waals surface area contributed by atoms with Gasteiger partial charge in [-0.1, -0.05) is 12.1 Å². The summed E-state index contributed by atoms with van der Waals surface area (Å²) in [6.45, 7) is 1.75. The molecule has 6 heteroatoms. The van der Waals surface area contributed by atoms with Crippen LogP contribution < -0.4 is 4.74 Å². The summed E-state index contributed by atoms with van der Waals surface area (Å²) in [4.78, 5) is 0. The number of aryl methyl sites for hydroxylation is 2. The number of hydrogen-bond acceptors (Lipinski definition) is 2. The number of aromatic nitrogens is 2. The average Bonchev–Trinajstić information content (AvgIpc) is 2.76. The second kappa shape index (κ2) is 6.12. The van der Waals surface area contributed by atoms with Crippen LogP contribution in [0.5, 0.6) is 11.6 Å². The first-order valence-corrected chi connectivity index (χ1v) is 7.68. The molecule has 3 nitrogen and oxygen atoms in total. The molecule has 0 fully saturated rings. The van der Waals surface area contributed by atoms with E-state index in [1.54, 1.807) is 20.0 Å². The molecular weight excluding hydrogens is 366 g/mol. The molecule has 0 saturated carbocycles. The van der Waals surface area contributed by atoms with Gasteiger partial charge < -0.3 is 4.74 Å². The quantitative estimate of drug-likeness (QED) is 0.623. The normalized spacial score (nSPS) is 10.8. The summed E-state index contributed by atoms with van der Waals surface area (Å²) in [5.41, 5.74) is 1.35. The van der Waals surface area contributed by atoms with Gasteiger partial charge in [0, 0.05) is 18.7 Å². The molecule has 0 aliphatic rings. The highest BCUT2D eigenvalue weighted by Crippen LogP contribution is 2.38. The Bertz CT molecular complexity index is 877. The van der Waals surface area contributed by atoms with Crippen LogP contribution in [0.3, 0.4) is 0 Å². The SMILES string of the molecule is Cc1nn(C)c(Oc2ccccc2Br)c1-c1ccc(F)cc1F. The van der Waals surface area contributed by atoms with Gasteiger partial charge in [0.15, 0.2) is 0 Å². The van der Waals surface area contributed by atoms with Crippen molar-refractivity contribution in [3.05, 3.63) is 64.3 Å². The molecule has 1 heterocycles. The molecule has 0 radical (unpaired) electrons. The van der Waals surface area contributed by atoms with Crippen molar-refractivity contribution in [2.24, 2.45) is 7.05 Å². The first-order valence-electron chi connectivity index (χ1n) is 6.89. The fourth-order valence-electron chi connectivity index (χ4n) is 2.39. The molecule has 2 aromatic carbocycles. The van der Waals surface area contributed by atoms with Gasteiger partial charge in [-0.3, -0.25) is 0 Å². The Morgan fingerprint density at radius 1 is 1.13 bits per heavy atom. The van der Waals surface area contributed by atoms with Crippen LogP contribution in [0.25, 0.3) is 11.1 Å². The molecule has 0 amide bonds. The number of para-hydroxylation sites is 1. The van der Waals surface area contributed by atoms with Crippen LogP contribution in [0.15, 0.2) is 46.9 Å². The average molecular weight is 379 g/mol. The zero-order valence-corrected chi connectivity index (χ0v) is 14.1. The third-order valence-corrected chi connectivity index (χ3v) is 4.07. The van der Waals surface area contributed by atoms with Crippen molar-refractivity contribution in [2.75, 3.05) is 0 Å². The van der Waals surface area contributed by atoms with Crippen molar-refractivity contribution in [1.82, 2.24) is 9.78 Å². The van der Waals surface area contributed by atoms with Crippen LogP contribution in [0.2, 0.25) is 0 Å². The molecule has 0 spiro atoms. The number of hydrogen-bond donors (Lipinski definition) is 0. The zero-order valence-electron chi connectivity index (χ0n) is 12.5. The van der Waals surface area contributed by atoms with E-state index in [1.807, 2.05) is 18.2 Å². The molecule has 0 bridgehead atoms. The lowest BCUT2D eigenvalue weighted by Crippen LogP contribution is -1.97. The van der Waals surface area contributed by atoms with Gasteiger partial charge in [-0.05, 0) is 47.1 Å². The predicted octanol–water partition coefficient (Wildman–Crippen LogP) is 5.23. The fraction of sp³-hybridized carbons (Fsp3) is 0.118. The van der Waals surface area contributed by atoms with E-state index in [4.69, 9.17) is 4.74 Å². The molecule has 0 aliphatic carbocycles. The highest BCUT2D eigenvalue weighted by molar-refractivity contribution is 9.10. The monoisotopic (exact) mass is 378 g/mol. The largest absolute Gasteiger partial charge is 0.437 e. The van der Waals surface area contributed by atoms with Crippen molar-refractivity contribution in [1.29, 1.82) is 0 Å². The summed E-state index contributed by atoms with van der Waals surface area (Å²) in [5, 5.41) is 4.29. The third-order valence-electron chi connectivity index (χ3n) is 3.41. The lowest BCUT2D eigenvalue weighted by molar-refractivity contribution is 0.429. The van der Waals surface area contributed by atoms with Crippen LogP contribution in [0, 0.1) is 18.6 Å². The van der Waals surface area contributed by atoms with E-state index in [0.717, 1.165) is 10.5 Å². The number of nitrogens with zero attached hydrogens (tertiary/aromatic N) is 2. The van der Waals surface area contributed by atoms with Crippen molar-refractivity contribution in [3.63, 3.8) is 0 Å². The number of halogens is 3. The van der Waals surface area contributed by atoms with E-state index >= 15 is 0 Å². The van der Waals surface area contributed by atoms with Crippen LogP contribution in [0.1, 0.15) is 5.69 Å². The smallest absolute Gasteiger partial charge is 0.225 e. The second-order valence-corrected chi connectivity index (χ2v) is 5.90. The maximum atomic E-state index is 14.2. The van der Waals surface area contributed by atoms with Crippen molar-refractivity contribution < 1.29 is 13.5 Å². The van der Waals surface area contributed by atoms with Gasteiger partial charge in [0.25, 0.3) is 0 Å². The van der Waals surface area contributed by atoms with Gasteiger partial charge in [0.05, 0.1) is 15.7 Å². The topological polar surface area (TPSA) is 27.1 Å². The van der Waals surface area contributed by atoms with E-state index in [9.17, 15) is 8.78 Å². The van der Waals surface area contributed by atoms with Crippen molar-refractivity contribution in [2.45, 2.75) is 6.92 Å². The van der Waals surface area contributed by atoms with Crippen molar-refractivity contribution >= 4 is 15.9 Å². The lowest BCUT2D eigenvalue weighted by Gasteiger charge is -2.11. The molecule has 0 atom stereocenters. The van der Waals surface area contributed by atoms with Gasteiger partial charge in [0.2, 0.25) is 5.88 Å². The van der Waals surface area contributed by atoms with Gasteiger partial charge in [0.1, 0.15) is 17.4 Å². The van der Waals surface area contributed by atoms with Gasteiger partial charge in [-0.2, -0.15) is 5.10 Å². The molecule has 0 unspecified atom stereocenters. The molecule has 118 valence electrons. The predicted molar refractivity (Wildman–Crippen MR) is 87.5 cm³/mol. The Balaban J connectivity index is 2.13. The zero-order chi connectivity index (χ0) is 16.6. The molecule has 0 aliphatic heterocycles. The highest BCUT2D eigenvalue weighted by Gasteiger charge is 2.21. The Hall–Kier alpha value is -2.21. The standard InChI is InChI=1S/C17H13BrF2N2O/c1-10-16(12-8-7-11(19)9-14(12)20)17(22(2)21-10)23-15-6-4-3-5-13(15)18/h3-9H,1-2H3. The van der Waals surface area contributed by atoms with Gasteiger partial charge >= 0.3 is 0 Å². The molecule has 3 aromatic rings. The minimum atomic E-state index is -0.655. The van der Waals surface area contributed by atoms with E-state index in [1.165, 1.54) is 16.8 Å². The number of rotatable bonds is 3. The van der Waals surface area contributed by atoms with Crippen LogP contribution >= 0.6 is 15.9 Å². The summed E-state index contributed by atoms with van der Waals surface area (Å²) in [6, 6.07) is 10.8. The Morgan fingerprint density at radius 2 is 1.87 bits per heavy atom. The lowest BCUT2D eigenvalue weighted by atomic mass is 10.1. The molecule has 3 rings (SSSR count). The van der Waals surface area contributed by atoms with E-state index in [2.05, 4.69) is 21.0 Å². The van der Waals surface area contributed by atoms with Crippen LogP contribution in [-0.2, 0) is 7.05 Å². The summed E-state index contributed by atoms with van der Waals surface area (Å²) in [6.07, 6.45) is 0. The molecule has 0 saturated heterocycles. The minimum Gasteiger partial charge on any atom is -0.437 e. The third kappa shape index (κ3) is 2.99. The number of ether oxygens (including phenoxy) is 1. The minimum absolute atomic E-state index is 0.249. The van der Waals surface area contributed by atoms with Crippen molar-refractivity contribution in [3.8, 4) is 22.8 Å². The molecule has 0 N–H and O–H groups in total. The van der Waals surface area contributed by atoms with Gasteiger partial charge in [-0.15, -0.1) is 0 Å². The van der Waals surface area contributed by atoms with E-state index in [-0.39, 0.29) is 5.56 Å². The summed E-state index contributed by atoms with van der Waals surface area (Å²) < 4.78 is 35.6. The molecule has 23 heavy (non-hydrogen) atoms. The summed E-state index contributed by atoms with van der Waals surface area (Å²) >= 11 is 3.41. The van der Waals surface area contributed by atoms with Crippen LogP contribution in [-0.4, -0.2) is 9.78 Å². The van der Waals surface area contributed by atoms with E-state index in [0.29, 0.717) is 22.9 Å². The highest BCUT2D eigenvalue weighted by atomic mass is 79.9. The first kappa shape index (κ1) is 15.7. The Morgan fingerprint density at radius 3 is 2.57 bits per heavy atom. The number of benzene rings is 2. The summed E-state index contributed by atoms with van der Waals surface area (Å²) in [7, 11) is 1.71. The molecular formula is C17H13BrF2N2O. The maximum Gasteiger partial charge on any atom is 0.225 e. The summed E-state index contributed by atoms with van der Waals surface area (Å²) in [5.74, 6) is -0.307.